The Kier molecular flexibility index (Phi) is 19.4. The van der Waals surface area contributed by atoms with Crippen molar-refractivity contribution in [2.75, 3.05) is 25.0 Å². The fraction of sp³-hybridized carbons (Fsp3) is 0.619. The van der Waals surface area contributed by atoms with E-state index in [9.17, 15) is 57.2 Å². The van der Waals surface area contributed by atoms with Crippen LogP contribution in [0.1, 0.15) is 64.2 Å². The Balaban J connectivity index is 2.14. The van der Waals surface area contributed by atoms with Crippen molar-refractivity contribution in [3.63, 3.8) is 0 Å². The molecule has 1 rings (SSSR count). The molecule has 0 aliphatic carbocycles. The van der Waals surface area contributed by atoms with Gasteiger partial charge in [0.1, 0.15) is 0 Å². The summed E-state index contributed by atoms with van der Waals surface area (Å²) in [5.74, 6) is -0.207. The maximum Gasteiger partial charge on any atom is 0.490 e. The summed E-state index contributed by atoms with van der Waals surface area (Å²) in [7, 11) is -29.4. The van der Waals surface area contributed by atoms with Crippen molar-refractivity contribution >= 4 is 62.2 Å². The van der Waals surface area contributed by atoms with Crippen LogP contribution in [0.4, 0.5) is 11.4 Å². The lowest BCUT2D eigenvalue weighted by molar-refractivity contribution is -0.384. The number of nitro groups is 1. The van der Waals surface area contributed by atoms with Crippen molar-refractivity contribution in [1.82, 2.24) is 5.32 Å². The van der Waals surface area contributed by atoms with Gasteiger partial charge in [0.05, 0.1) is 18.1 Å². The minimum Gasteiger partial charge on any atom is -0.378 e. The Morgan fingerprint density at radius 3 is 1.84 bits per heavy atom. The van der Waals surface area contributed by atoms with Gasteiger partial charge in [0.15, 0.2) is 5.78 Å². The van der Waals surface area contributed by atoms with Gasteiger partial charge in [0.25, 0.3) is 5.69 Å². The molecule has 8 N–H and O–H groups in total. The third-order valence-corrected chi connectivity index (χ3v) is 12.8. The van der Waals surface area contributed by atoms with Crippen LogP contribution in [-0.4, -0.2) is 65.7 Å². The van der Waals surface area contributed by atoms with Gasteiger partial charge in [0.2, 0.25) is 5.91 Å². The third-order valence-electron chi connectivity index (χ3n) is 5.63. The number of phosphoric acid groups is 5. The zero-order chi connectivity index (χ0) is 37.4. The van der Waals surface area contributed by atoms with Gasteiger partial charge >= 0.3 is 39.1 Å². The number of nitrogens with zero attached hydrogens (tertiary/aromatic N) is 1. The third kappa shape index (κ3) is 23.4. The largest absolute Gasteiger partial charge is 0.490 e. The second-order valence-corrected chi connectivity index (χ2v) is 17.5. The van der Waals surface area contributed by atoms with E-state index in [2.05, 4.69) is 32.4 Å². The number of nitro benzene ring substituents is 1. The Bertz CT molecular complexity index is 1500. The molecule has 0 aromatic heterocycles. The Labute approximate surface area is 279 Å². The molecule has 0 spiro atoms. The predicted octanol–water partition coefficient (Wildman–Crippen LogP) is 4.17. The lowest BCUT2D eigenvalue weighted by Gasteiger charge is -2.19. The number of benzene rings is 1. The molecule has 1 amide bonds. The average Bonchev–Trinajstić information content (AvgIpc) is 2.91. The summed E-state index contributed by atoms with van der Waals surface area (Å²) in [5, 5.41) is 16.4. The molecule has 0 saturated heterocycles. The molecule has 23 nitrogen and oxygen atoms in total. The quantitative estimate of drug-likeness (QED) is 0.0267. The van der Waals surface area contributed by atoms with Gasteiger partial charge in [-0.25, -0.2) is 22.8 Å². The first-order valence-electron chi connectivity index (χ1n) is 14.1. The number of Topliss-reactive ketones (excluding diaryl/α,β-unsaturated/α-hetero) is 1. The molecular weight excluding hydrogens is 769 g/mol. The maximum absolute atomic E-state index is 12.0. The summed E-state index contributed by atoms with van der Waals surface area (Å²) in [5.41, 5.74) is 0.400. The molecule has 4 atom stereocenters. The number of hydrogen-bond donors (Lipinski definition) is 8. The smallest absolute Gasteiger partial charge is 0.378 e. The van der Waals surface area contributed by atoms with Gasteiger partial charge in [-0.1, -0.05) is 31.7 Å². The summed E-state index contributed by atoms with van der Waals surface area (Å²) >= 11 is 0. The lowest BCUT2D eigenvalue weighted by atomic mass is 10.1. The molecule has 0 radical (unpaired) electrons. The Morgan fingerprint density at radius 2 is 1.24 bits per heavy atom. The van der Waals surface area contributed by atoms with E-state index in [-0.39, 0.29) is 30.3 Å². The number of ketones is 1. The van der Waals surface area contributed by atoms with Gasteiger partial charge < -0.3 is 40.0 Å². The van der Waals surface area contributed by atoms with Gasteiger partial charge in [0, 0.05) is 37.2 Å². The van der Waals surface area contributed by atoms with Gasteiger partial charge in [-0.15, -0.1) is 0 Å². The Hall–Kier alpha value is -1.73. The van der Waals surface area contributed by atoms with Crippen LogP contribution in [0.2, 0.25) is 0 Å². The molecule has 0 saturated carbocycles. The SMILES string of the molecule is O=C(CCCCCCC(=O)NCCCCCCOP(=O)(O)OP(=O)(O)OP(=O)(O)OP(=O)(O)OP(=O)(O)O)CNc1cccc([N+](=O)[O-])c1. The van der Waals surface area contributed by atoms with Crippen LogP contribution in [0.15, 0.2) is 24.3 Å². The highest BCUT2D eigenvalue weighted by atomic mass is 31.3. The molecule has 0 heterocycles. The molecule has 1 aromatic rings. The van der Waals surface area contributed by atoms with Crippen molar-refractivity contribution in [1.29, 1.82) is 0 Å². The summed E-state index contributed by atoms with van der Waals surface area (Å²) in [6.07, 6.45) is 4.97. The fourth-order valence-corrected chi connectivity index (χ4v) is 9.57. The van der Waals surface area contributed by atoms with E-state index in [1.165, 1.54) is 18.2 Å². The number of carbonyl (C=O) groups excluding carboxylic acids is 2. The highest BCUT2D eigenvalue weighted by Crippen LogP contribution is 2.73. The van der Waals surface area contributed by atoms with E-state index >= 15 is 0 Å². The molecule has 0 fully saturated rings. The van der Waals surface area contributed by atoms with E-state index in [1.807, 2.05) is 0 Å². The second-order valence-electron chi connectivity index (χ2n) is 9.90. The van der Waals surface area contributed by atoms with Crippen LogP contribution in [0, 0.1) is 10.1 Å². The van der Waals surface area contributed by atoms with Gasteiger partial charge in [-0.3, -0.25) is 24.2 Å². The number of amides is 1. The van der Waals surface area contributed by atoms with Crippen molar-refractivity contribution in [2.45, 2.75) is 64.2 Å². The van der Waals surface area contributed by atoms with Crippen LogP contribution in [-0.2, 0) is 54.2 Å². The first-order valence-corrected chi connectivity index (χ1v) is 21.6. The first-order chi connectivity index (χ1) is 22.5. The minimum atomic E-state index is -6.16. The lowest BCUT2D eigenvalue weighted by Crippen LogP contribution is -2.23. The number of rotatable bonds is 27. The van der Waals surface area contributed by atoms with Crippen molar-refractivity contribution in [3.05, 3.63) is 34.4 Å². The molecular formula is C21H38N3O20P5. The van der Waals surface area contributed by atoms with Crippen LogP contribution in [0.5, 0.6) is 0 Å². The van der Waals surface area contributed by atoms with E-state index in [0.29, 0.717) is 57.2 Å². The van der Waals surface area contributed by atoms with Gasteiger partial charge in [-0.2, -0.15) is 17.2 Å². The molecule has 0 aliphatic heterocycles. The van der Waals surface area contributed by atoms with Crippen LogP contribution < -0.4 is 10.6 Å². The Morgan fingerprint density at radius 1 is 0.714 bits per heavy atom. The minimum absolute atomic E-state index is 0.0434. The molecule has 282 valence electrons. The zero-order valence-corrected chi connectivity index (χ0v) is 30.1. The number of unbranched alkanes of at least 4 members (excludes halogenated alkanes) is 6. The normalized spacial score (nSPS) is 16.8. The summed E-state index contributed by atoms with van der Waals surface area (Å²) in [6.45, 7) is -0.107. The number of hydrogen-bond acceptors (Lipinski definition) is 15. The standard InChI is InChI=1S/C21H38N3O20P5/c25-20(17-23-18-10-9-11-19(16-18)24(27)28)12-5-1-2-6-13-21(26)22-14-7-3-4-8-15-40-46(32,33)42-48(36,37)44-49(38,39)43-47(34,35)41-45(29,30)31/h9-11,16,23H,1-8,12-15,17H2,(H,22,26)(H,32,33)(H,34,35)(H,36,37)(H,38,39)(H2,29,30,31). The van der Waals surface area contributed by atoms with Gasteiger partial charge in [-0.05, 0) is 31.7 Å². The molecule has 0 bridgehead atoms. The summed E-state index contributed by atoms with van der Waals surface area (Å²) < 4.78 is 75.4. The van der Waals surface area contributed by atoms with Crippen LogP contribution >= 0.6 is 39.1 Å². The molecule has 28 heteroatoms. The predicted molar refractivity (Wildman–Crippen MR) is 167 cm³/mol. The van der Waals surface area contributed by atoms with E-state index in [0.717, 1.165) is 12.8 Å². The van der Waals surface area contributed by atoms with E-state index < -0.39 is 50.6 Å². The van der Waals surface area contributed by atoms with E-state index in [1.54, 1.807) is 6.07 Å². The zero-order valence-electron chi connectivity index (χ0n) is 25.6. The highest BCUT2D eigenvalue weighted by Gasteiger charge is 2.47. The van der Waals surface area contributed by atoms with Crippen LogP contribution in [0.3, 0.4) is 0 Å². The average molecular weight is 807 g/mol. The summed E-state index contributed by atoms with van der Waals surface area (Å²) in [4.78, 5) is 88.4. The summed E-state index contributed by atoms with van der Waals surface area (Å²) in [6, 6.07) is 5.84. The first kappa shape index (κ1) is 45.3. The topological polar surface area (TPSA) is 354 Å². The maximum atomic E-state index is 12.0. The molecule has 1 aromatic carbocycles. The highest BCUT2D eigenvalue weighted by molar-refractivity contribution is 7.71. The van der Waals surface area contributed by atoms with Crippen molar-refractivity contribution < 1.29 is 88.5 Å². The molecule has 0 aliphatic rings. The number of carbonyl (C=O) groups is 2. The second kappa shape index (κ2) is 21.0. The number of nitrogens with one attached hydrogen (secondary N) is 2. The molecule has 4 unspecified atom stereocenters. The number of non-ortho nitro benzene ring substituents is 1. The van der Waals surface area contributed by atoms with Crippen LogP contribution in [0.25, 0.3) is 0 Å². The monoisotopic (exact) mass is 807 g/mol. The number of phosphoric ester groups is 1. The van der Waals surface area contributed by atoms with Crippen molar-refractivity contribution in [3.8, 4) is 0 Å². The fourth-order valence-electron chi connectivity index (χ4n) is 3.65. The van der Waals surface area contributed by atoms with E-state index in [4.69, 9.17) is 14.7 Å². The number of anilines is 1. The van der Waals surface area contributed by atoms with Crippen molar-refractivity contribution in [2.24, 2.45) is 0 Å². The molecule has 49 heavy (non-hydrogen) atoms.